The number of rotatable bonds is 1. The molecule has 0 spiro atoms. The van der Waals surface area contributed by atoms with Gasteiger partial charge >= 0.3 is 6.18 Å². The van der Waals surface area contributed by atoms with Crippen LogP contribution in [0.1, 0.15) is 5.56 Å². The van der Waals surface area contributed by atoms with Crippen molar-refractivity contribution in [1.82, 2.24) is 0 Å². The molecule has 1 aliphatic heterocycles. The number of hydrogen-bond donors (Lipinski definition) is 1. The first-order valence-electron chi connectivity index (χ1n) is 4.91. The van der Waals surface area contributed by atoms with Crippen molar-refractivity contribution in [3.63, 3.8) is 0 Å². The van der Waals surface area contributed by atoms with Crippen LogP contribution in [0.25, 0.3) is 0 Å². The molecule has 1 heterocycles. The van der Waals surface area contributed by atoms with Gasteiger partial charge in [0.05, 0.1) is 17.3 Å². The van der Waals surface area contributed by atoms with Gasteiger partial charge in [-0.25, -0.2) is 5.01 Å². The molecular formula is C11H10F3N3. The maximum Gasteiger partial charge on any atom is 0.416 e. The van der Waals surface area contributed by atoms with Crippen molar-refractivity contribution in [2.24, 2.45) is 10.8 Å². The van der Waals surface area contributed by atoms with Crippen LogP contribution < -0.4 is 10.7 Å². The van der Waals surface area contributed by atoms with E-state index in [9.17, 15) is 13.2 Å². The lowest BCUT2D eigenvalue weighted by Gasteiger charge is -2.19. The van der Waals surface area contributed by atoms with Crippen molar-refractivity contribution in [2.45, 2.75) is 12.2 Å². The summed E-state index contributed by atoms with van der Waals surface area (Å²) in [6.07, 6.45) is 0.511. The molecule has 1 aromatic carbocycles. The van der Waals surface area contributed by atoms with Gasteiger partial charge < -0.3 is 5.73 Å². The highest BCUT2D eigenvalue weighted by atomic mass is 19.4. The second-order valence-corrected chi connectivity index (χ2v) is 3.57. The molecule has 0 saturated heterocycles. The molecular weight excluding hydrogens is 231 g/mol. The molecule has 0 bridgehead atoms. The molecule has 17 heavy (non-hydrogen) atoms. The summed E-state index contributed by atoms with van der Waals surface area (Å²) in [6, 6.07) is 4.52. The normalized spacial score (nSPS) is 19.8. The summed E-state index contributed by atoms with van der Waals surface area (Å²) in [5.41, 5.74) is 5.42. The van der Waals surface area contributed by atoms with Crippen LogP contribution in [0, 0.1) is 0 Å². The monoisotopic (exact) mass is 241 g/mol. The summed E-state index contributed by atoms with van der Waals surface area (Å²) >= 11 is 0. The number of benzene rings is 1. The van der Waals surface area contributed by atoms with Gasteiger partial charge in [-0.2, -0.15) is 18.3 Å². The van der Waals surface area contributed by atoms with Gasteiger partial charge in [-0.1, -0.05) is 0 Å². The van der Waals surface area contributed by atoms with Gasteiger partial charge in [0.1, 0.15) is 0 Å². The van der Waals surface area contributed by atoms with Gasteiger partial charge in [-0.05, 0) is 30.3 Å². The first-order chi connectivity index (χ1) is 7.97. The predicted molar refractivity (Wildman–Crippen MR) is 59.5 cm³/mol. The second-order valence-electron chi connectivity index (χ2n) is 3.57. The molecule has 1 unspecified atom stereocenters. The molecule has 0 fully saturated rings. The zero-order chi connectivity index (χ0) is 12.5. The topological polar surface area (TPSA) is 41.6 Å². The maximum atomic E-state index is 12.3. The number of hydrogen-bond acceptors (Lipinski definition) is 3. The van der Waals surface area contributed by atoms with E-state index >= 15 is 0 Å². The number of nitrogens with zero attached hydrogens (tertiary/aromatic N) is 2. The van der Waals surface area contributed by atoms with Gasteiger partial charge in [0.25, 0.3) is 0 Å². The molecule has 0 aromatic heterocycles. The van der Waals surface area contributed by atoms with Crippen LogP contribution in [0.3, 0.4) is 0 Å². The Bertz CT molecular complexity index is 434. The number of alkyl halides is 3. The Hall–Kier alpha value is -1.82. The zero-order valence-corrected chi connectivity index (χ0v) is 8.72. The van der Waals surface area contributed by atoms with Gasteiger partial charge in [0.15, 0.2) is 0 Å². The van der Waals surface area contributed by atoms with E-state index in [2.05, 4.69) is 5.10 Å². The maximum absolute atomic E-state index is 12.3. The Kier molecular flexibility index (Phi) is 2.89. The van der Waals surface area contributed by atoms with E-state index in [1.165, 1.54) is 23.4 Å². The Balaban J connectivity index is 2.19. The standard InChI is InChI=1S/C11H10F3N3/c12-11(13,14)8-1-3-10(4-2-8)17-6-5-9(15)7-16-17/h1-7,9H,15H2. The third-order valence-corrected chi connectivity index (χ3v) is 2.27. The minimum absolute atomic E-state index is 0.249. The van der Waals surface area contributed by atoms with Crippen molar-refractivity contribution in [1.29, 1.82) is 0 Å². The van der Waals surface area contributed by atoms with Crippen molar-refractivity contribution in [3.8, 4) is 0 Å². The minimum atomic E-state index is -4.32. The molecule has 0 radical (unpaired) electrons. The lowest BCUT2D eigenvalue weighted by Crippen LogP contribution is -2.25. The van der Waals surface area contributed by atoms with Crippen LogP contribution in [0.5, 0.6) is 0 Å². The van der Waals surface area contributed by atoms with Crippen LogP contribution in [0.4, 0.5) is 18.9 Å². The second kappa shape index (κ2) is 4.21. The molecule has 0 aliphatic carbocycles. The van der Waals surface area contributed by atoms with E-state index in [1.54, 1.807) is 12.3 Å². The van der Waals surface area contributed by atoms with E-state index in [-0.39, 0.29) is 6.04 Å². The average Bonchev–Trinajstić information content (AvgIpc) is 2.29. The SMILES string of the molecule is NC1C=CN(c2ccc(C(F)(F)F)cc2)N=C1. The van der Waals surface area contributed by atoms with Crippen LogP contribution in [-0.4, -0.2) is 12.3 Å². The van der Waals surface area contributed by atoms with E-state index in [1.807, 2.05) is 0 Å². The summed E-state index contributed by atoms with van der Waals surface area (Å²) < 4.78 is 37.0. The van der Waals surface area contributed by atoms with Crippen molar-refractivity contribution >= 4 is 11.9 Å². The number of nitrogens with two attached hydrogens (primary N) is 1. The van der Waals surface area contributed by atoms with E-state index in [0.717, 1.165) is 12.1 Å². The van der Waals surface area contributed by atoms with Gasteiger partial charge in [-0.3, -0.25) is 0 Å². The Morgan fingerprint density at radius 1 is 1.18 bits per heavy atom. The lowest BCUT2D eigenvalue weighted by molar-refractivity contribution is -0.137. The van der Waals surface area contributed by atoms with Gasteiger partial charge in [0.2, 0.25) is 0 Å². The highest BCUT2D eigenvalue weighted by molar-refractivity contribution is 5.71. The Labute approximate surface area is 96.0 Å². The quantitative estimate of drug-likeness (QED) is 0.820. The molecule has 2 rings (SSSR count). The van der Waals surface area contributed by atoms with Gasteiger partial charge in [-0.15, -0.1) is 0 Å². The third-order valence-electron chi connectivity index (χ3n) is 2.27. The predicted octanol–water partition coefficient (Wildman–Crippen LogP) is 2.35. The Morgan fingerprint density at radius 2 is 1.82 bits per heavy atom. The molecule has 1 atom stereocenters. The van der Waals surface area contributed by atoms with Crippen LogP contribution >= 0.6 is 0 Å². The van der Waals surface area contributed by atoms with E-state index in [0.29, 0.717) is 5.69 Å². The molecule has 6 heteroatoms. The molecule has 0 amide bonds. The summed E-state index contributed by atoms with van der Waals surface area (Å²) in [5, 5.41) is 5.45. The van der Waals surface area contributed by atoms with Crippen molar-refractivity contribution in [2.75, 3.05) is 5.01 Å². The first-order valence-corrected chi connectivity index (χ1v) is 4.91. The largest absolute Gasteiger partial charge is 0.416 e. The van der Waals surface area contributed by atoms with E-state index < -0.39 is 11.7 Å². The summed E-state index contributed by atoms with van der Waals surface area (Å²) in [7, 11) is 0. The number of hydrazone groups is 1. The molecule has 1 aromatic rings. The highest BCUT2D eigenvalue weighted by Crippen LogP contribution is 2.30. The lowest BCUT2D eigenvalue weighted by atomic mass is 10.2. The fraction of sp³-hybridized carbons (Fsp3) is 0.182. The molecule has 1 aliphatic rings. The zero-order valence-electron chi connectivity index (χ0n) is 8.72. The van der Waals surface area contributed by atoms with Crippen molar-refractivity contribution in [3.05, 3.63) is 42.1 Å². The fourth-order valence-electron chi connectivity index (χ4n) is 1.37. The minimum Gasteiger partial charge on any atom is -0.320 e. The highest BCUT2D eigenvalue weighted by Gasteiger charge is 2.30. The first kappa shape index (κ1) is 11.7. The van der Waals surface area contributed by atoms with Crippen LogP contribution in [-0.2, 0) is 6.18 Å². The van der Waals surface area contributed by atoms with Crippen LogP contribution in [0.2, 0.25) is 0 Å². The molecule has 3 nitrogen and oxygen atoms in total. The summed E-state index contributed by atoms with van der Waals surface area (Å²) in [5.74, 6) is 0. The average molecular weight is 241 g/mol. The smallest absolute Gasteiger partial charge is 0.320 e. The fourth-order valence-corrected chi connectivity index (χ4v) is 1.37. The van der Waals surface area contributed by atoms with Gasteiger partial charge in [0, 0.05) is 12.4 Å². The Morgan fingerprint density at radius 3 is 2.29 bits per heavy atom. The third kappa shape index (κ3) is 2.65. The summed E-state index contributed by atoms with van der Waals surface area (Å²) in [6.45, 7) is 0. The molecule has 0 saturated carbocycles. The summed E-state index contributed by atoms with van der Waals surface area (Å²) in [4.78, 5) is 0. The number of halogens is 3. The molecule has 90 valence electrons. The number of anilines is 1. The molecule has 2 N–H and O–H groups in total. The van der Waals surface area contributed by atoms with Crippen LogP contribution in [0.15, 0.2) is 41.6 Å². The van der Waals surface area contributed by atoms with E-state index in [4.69, 9.17) is 5.73 Å². The van der Waals surface area contributed by atoms with Crippen molar-refractivity contribution < 1.29 is 13.2 Å².